The number of benzene rings is 1. The Morgan fingerprint density at radius 3 is 2.86 bits per heavy atom. The maximum absolute atomic E-state index is 4.35. The van der Waals surface area contributed by atoms with Crippen LogP contribution in [-0.4, -0.2) is 19.5 Å². The zero-order chi connectivity index (χ0) is 14.2. The molecular weight excluding hydrogens is 260 g/mol. The van der Waals surface area contributed by atoms with Gasteiger partial charge < -0.3 is 9.55 Å². The molecule has 0 fully saturated rings. The third-order valence-electron chi connectivity index (χ3n) is 3.80. The molecule has 3 heterocycles. The number of rotatable bonds is 3. The molecule has 4 nitrogen and oxygen atoms in total. The molecule has 3 aromatic heterocycles. The quantitative estimate of drug-likeness (QED) is 0.615. The van der Waals surface area contributed by atoms with Crippen molar-refractivity contribution >= 4 is 22.1 Å². The Kier molecular flexibility index (Phi) is 2.74. The first-order chi connectivity index (χ1) is 10.4. The first kappa shape index (κ1) is 12.1. The second-order valence-corrected chi connectivity index (χ2v) is 5.23. The summed E-state index contributed by atoms with van der Waals surface area (Å²) in [7, 11) is 0. The van der Waals surface area contributed by atoms with E-state index in [9.17, 15) is 0 Å². The molecule has 0 aliphatic rings. The van der Waals surface area contributed by atoms with Crippen LogP contribution in [0, 0.1) is 0 Å². The van der Waals surface area contributed by atoms with Crippen LogP contribution in [-0.2, 0) is 6.54 Å². The number of hydrogen-bond donors (Lipinski definition) is 1. The first-order valence-corrected chi connectivity index (χ1v) is 7.25. The SMILES string of the molecule is CCCn1cc(-c2cc3nccnc3[nH]2)c2ccccc21. The molecule has 4 heteroatoms. The van der Waals surface area contributed by atoms with E-state index in [1.165, 1.54) is 16.5 Å². The highest BCUT2D eigenvalue weighted by Gasteiger charge is 2.12. The Hall–Kier alpha value is -2.62. The van der Waals surface area contributed by atoms with Crippen LogP contribution in [0.3, 0.4) is 0 Å². The van der Waals surface area contributed by atoms with Crippen LogP contribution in [0.5, 0.6) is 0 Å². The predicted octanol–water partition coefficient (Wildman–Crippen LogP) is 3.99. The maximum atomic E-state index is 4.35. The Bertz CT molecular complexity index is 884. The van der Waals surface area contributed by atoms with Crippen molar-refractivity contribution < 1.29 is 0 Å². The van der Waals surface area contributed by atoms with Gasteiger partial charge in [0.05, 0.1) is 5.69 Å². The van der Waals surface area contributed by atoms with Gasteiger partial charge in [-0.05, 0) is 18.6 Å². The molecule has 4 rings (SSSR count). The molecule has 0 aliphatic carbocycles. The lowest BCUT2D eigenvalue weighted by molar-refractivity contribution is 0.704. The summed E-state index contributed by atoms with van der Waals surface area (Å²) in [5, 5.41) is 1.26. The van der Waals surface area contributed by atoms with Gasteiger partial charge in [-0.15, -0.1) is 0 Å². The summed E-state index contributed by atoms with van der Waals surface area (Å²) in [5.41, 5.74) is 5.29. The van der Waals surface area contributed by atoms with E-state index in [0.717, 1.165) is 29.8 Å². The number of para-hydroxylation sites is 1. The first-order valence-electron chi connectivity index (χ1n) is 7.25. The summed E-state index contributed by atoms with van der Waals surface area (Å²) >= 11 is 0. The van der Waals surface area contributed by atoms with E-state index in [-0.39, 0.29) is 0 Å². The Morgan fingerprint density at radius 1 is 1.14 bits per heavy atom. The summed E-state index contributed by atoms with van der Waals surface area (Å²) in [6, 6.07) is 10.6. The van der Waals surface area contributed by atoms with Gasteiger partial charge in [0.25, 0.3) is 0 Å². The second-order valence-electron chi connectivity index (χ2n) is 5.23. The van der Waals surface area contributed by atoms with Crippen molar-refractivity contribution in [1.29, 1.82) is 0 Å². The van der Waals surface area contributed by atoms with Crippen molar-refractivity contribution in [2.75, 3.05) is 0 Å². The number of nitrogens with one attached hydrogen (secondary N) is 1. The highest BCUT2D eigenvalue weighted by atomic mass is 15.0. The number of aryl methyl sites for hydroxylation is 1. The van der Waals surface area contributed by atoms with Crippen LogP contribution < -0.4 is 0 Å². The zero-order valence-corrected chi connectivity index (χ0v) is 11.9. The van der Waals surface area contributed by atoms with Crippen LogP contribution in [0.1, 0.15) is 13.3 Å². The number of hydrogen-bond acceptors (Lipinski definition) is 2. The molecule has 0 saturated carbocycles. The number of aromatic amines is 1. The normalized spacial score (nSPS) is 11.5. The lowest BCUT2D eigenvalue weighted by Gasteiger charge is -2.00. The molecule has 1 N–H and O–H groups in total. The summed E-state index contributed by atoms with van der Waals surface area (Å²) in [6.07, 6.45) is 6.77. The van der Waals surface area contributed by atoms with Gasteiger partial charge in [-0.1, -0.05) is 25.1 Å². The van der Waals surface area contributed by atoms with Gasteiger partial charge in [0.2, 0.25) is 0 Å². The minimum absolute atomic E-state index is 0.833. The molecule has 0 atom stereocenters. The van der Waals surface area contributed by atoms with E-state index in [1.807, 2.05) is 0 Å². The zero-order valence-electron chi connectivity index (χ0n) is 11.9. The van der Waals surface area contributed by atoms with Crippen molar-refractivity contribution in [3.63, 3.8) is 0 Å². The van der Waals surface area contributed by atoms with Crippen molar-refractivity contribution in [2.45, 2.75) is 19.9 Å². The molecule has 104 valence electrons. The number of H-pyrrole nitrogens is 1. The van der Waals surface area contributed by atoms with Crippen LogP contribution in [0.25, 0.3) is 33.3 Å². The van der Waals surface area contributed by atoms with Crippen LogP contribution >= 0.6 is 0 Å². The monoisotopic (exact) mass is 276 g/mol. The molecule has 0 spiro atoms. The van der Waals surface area contributed by atoms with Crippen molar-refractivity contribution in [3.05, 3.63) is 48.9 Å². The maximum Gasteiger partial charge on any atom is 0.156 e. The minimum atomic E-state index is 0.833. The van der Waals surface area contributed by atoms with E-state index in [4.69, 9.17) is 0 Å². The van der Waals surface area contributed by atoms with E-state index < -0.39 is 0 Å². The van der Waals surface area contributed by atoms with E-state index >= 15 is 0 Å². The summed E-state index contributed by atoms with van der Waals surface area (Å²) in [6.45, 7) is 3.22. The van der Waals surface area contributed by atoms with Gasteiger partial charge in [-0.25, -0.2) is 4.98 Å². The average Bonchev–Trinajstić information content (AvgIpc) is 3.09. The van der Waals surface area contributed by atoms with Crippen LogP contribution in [0.4, 0.5) is 0 Å². The fraction of sp³-hybridized carbons (Fsp3) is 0.176. The Balaban J connectivity index is 1.97. The average molecular weight is 276 g/mol. The largest absolute Gasteiger partial charge is 0.347 e. The second kappa shape index (κ2) is 4.74. The smallest absolute Gasteiger partial charge is 0.156 e. The summed E-state index contributed by atoms with van der Waals surface area (Å²) in [5.74, 6) is 0. The van der Waals surface area contributed by atoms with E-state index in [1.54, 1.807) is 12.4 Å². The van der Waals surface area contributed by atoms with Gasteiger partial charge in [-0.3, -0.25) is 4.98 Å². The number of fused-ring (bicyclic) bond motifs is 2. The molecule has 21 heavy (non-hydrogen) atoms. The summed E-state index contributed by atoms with van der Waals surface area (Å²) in [4.78, 5) is 12.0. The van der Waals surface area contributed by atoms with E-state index in [0.29, 0.717) is 0 Å². The third-order valence-corrected chi connectivity index (χ3v) is 3.80. The van der Waals surface area contributed by atoms with Crippen molar-refractivity contribution in [3.8, 4) is 11.3 Å². The molecule has 1 aromatic carbocycles. The van der Waals surface area contributed by atoms with Gasteiger partial charge >= 0.3 is 0 Å². The molecule has 0 unspecified atom stereocenters. The van der Waals surface area contributed by atoms with Crippen molar-refractivity contribution in [1.82, 2.24) is 19.5 Å². The van der Waals surface area contributed by atoms with Crippen molar-refractivity contribution in [2.24, 2.45) is 0 Å². The van der Waals surface area contributed by atoms with Gasteiger partial charge in [0, 0.05) is 41.6 Å². The molecule has 0 saturated heterocycles. The van der Waals surface area contributed by atoms with Crippen LogP contribution in [0.15, 0.2) is 48.9 Å². The lowest BCUT2D eigenvalue weighted by atomic mass is 10.1. The Labute approximate surface area is 122 Å². The van der Waals surface area contributed by atoms with Crippen LogP contribution in [0.2, 0.25) is 0 Å². The lowest BCUT2D eigenvalue weighted by Crippen LogP contribution is -1.93. The molecule has 0 amide bonds. The molecule has 0 aliphatic heterocycles. The van der Waals surface area contributed by atoms with E-state index in [2.05, 4.69) is 63.0 Å². The van der Waals surface area contributed by atoms with Gasteiger partial charge in [-0.2, -0.15) is 0 Å². The predicted molar refractivity (Wildman–Crippen MR) is 85.1 cm³/mol. The highest BCUT2D eigenvalue weighted by molar-refractivity contribution is 5.97. The Morgan fingerprint density at radius 2 is 2.00 bits per heavy atom. The fourth-order valence-electron chi connectivity index (χ4n) is 2.88. The molecule has 0 radical (unpaired) electrons. The molecular formula is C17H16N4. The van der Waals surface area contributed by atoms with Gasteiger partial charge in [0.1, 0.15) is 5.52 Å². The standard InChI is InChI=1S/C17H16N4/c1-2-9-21-11-13(12-5-3-4-6-16(12)21)14-10-15-17(20-14)19-8-7-18-15/h3-8,10-11H,2,9H2,1H3,(H,19,20). The summed E-state index contributed by atoms with van der Waals surface area (Å²) < 4.78 is 2.32. The number of aromatic nitrogens is 4. The van der Waals surface area contributed by atoms with Gasteiger partial charge in [0.15, 0.2) is 5.65 Å². The fourth-order valence-corrected chi connectivity index (χ4v) is 2.88. The highest BCUT2D eigenvalue weighted by Crippen LogP contribution is 2.31. The topological polar surface area (TPSA) is 46.5 Å². The molecule has 4 aromatic rings. The molecule has 0 bridgehead atoms. The number of nitrogens with zero attached hydrogens (tertiary/aromatic N) is 3. The third kappa shape index (κ3) is 1.91. The minimum Gasteiger partial charge on any atom is -0.347 e.